The summed E-state index contributed by atoms with van der Waals surface area (Å²) in [6, 6.07) is 21.2. The predicted molar refractivity (Wildman–Crippen MR) is 109 cm³/mol. The third-order valence-corrected chi connectivity index (χ3v) is 10.4. The Labute approximate surface area is 158 Å². The lowest BCUT2D eigenvalue weighted by Gasteiger charge is -2.43. The number of benzene rings is 2. The highest BCUT2D eigenvalue weighted by Gasteiger charge is 2.50. The summed E-state index contributed by atoms with van der Waals surface area (Å²) in [4.78, 5) is 0. The average molecular weight is 371 g/mol. The molecule has 140 valence electrons. The zero-order valence-electron chi connectivity index (χ0n) is 16.2. The molecule has 3 rings (SSSR count). The van der Waals surface area contributed by atoms with Crippen LogP contribution in [-0.2, 0) is 9.16 Å². The Balaban J connectivity index is 2.00. The van der Waals surface area contributed by atoms with E-state index >= 15 is 0 Å². The molecular weight excluding hydrogens is 340 g/mol. The number of hydrogen-bond acceptors (Lipinski definition) is 3. The lowest BCUT2D eigenvalue weighted by atomic mass is 10.2. The Hall–Kier alpha value is -1.46. The molecule has 3 nitrogen and oxygen atoms in total. The quantitative estimate of drug-likeness (QED) is 0.822. The van der Waals surface area contributed by atoms with Gasteiger partial charge in [-0.25, -0.2) is 0 Å². The Morgan fingerprint density at radius 2 is 1.50 bits per heavy atom. The summed E-state index contributed by atoms with van der Waals surface area (Å²) in [5, 5.41) is 12.5. The van der Waals surface area contributed by atoms with Crippen LogP contribution in [0.3, 0.4) is 0 Å². The van der Waals surface area contributed by atoms with E-state index in [0.717, 1.165) is 0 Å². The van der Waals surface area contributed by atoms with Gasteiger partial charge in [0, 0.05) is 6.42 Å². The monoisotopic (exact) mass is 370 g/mol. The van der Waals surface area contributed by atoms with E-state index in [-0.39, 0.29) is 17.2 Å². The van der Waals surface area contributed by atoms with Gasteiger partial charge in [0.1, 0.15) is 0 Å². The fourth-order valence-electron chi connectivity index (χ4n) is 4.00. The topological polar surface area (TPSA) is 38.7 Å². The summed E-state index contributed by atoms with van der Waals surface area (Å²) in [6.07, 6.45) is 0.0616. The SMILES string of the molecule is C[C@@H]1O[C@H](CO[Si](c2ccccc2)(c2ccccc2)C(C)(C)C)C[C@H]1O. The van der Waals surface area contributed by atoms with Crippen LogP contribution in [0.1, 0.15) is 34.1 Å². The van der Waals surface area contributed by atoms with E-state index in [4.69, 9.17) is 9.16 Å². The molecule has 0 aliphatic carbocycles. The maximum atomic E-state index is 10.0. The van der Waals surface area contributed by atoms with Crippen LogP contribution in [0.5, 0.6) is 0 Å². The van der Waals surface area contributed by atoms with Crippen molar-refractivity contribution in [2.24, 2.45) is 0 Å². The van der Waals surface area contributed by atoms with Gasteiger partial charge in [0.15, 0.2) is 0 Å². The Kier molecular flexibility index (Phi) is 5.68. The lowest BCUT2D eigenvalue weighted by molar-refractivity contribution is 0.00348. The molecule has 1 fully saturated rings. The molecule has 0 saturated carbocycles. The van der Waals surface area contributed by atoms with Crippen LogP contribution in [0, 0.1) is 0 Å². The number of aliphatic hydroxyl groups excluding tert-OH is 1. The van der Waals surface area contributed by atoms with Gasteiger partial charge in [0.2, 0.25) is 0 Å². The second-order valence-corrected chi connectivity index (χ2v) is 12.5. The minimum Gasteiger partial charge on any atom is -0.405 e. The van der Waals surface area contributed by atoms with Crippen LogP contribution in [0.15, 0.2) is 60.7 Å². The van der Waals surface area contributed by atoms with Gasteiger partial charge < -0.3 is 14.3 Å². The number of rotatable bonds is 5. The van der Waals surface area contributed by atoms with E-state index in [9.17, 15) is 5.11 Å². The summed E-state index contributed by atoms with van der Waals surface area (Å²) < 4.78 is 12.8. The van der Waals surface area contributed by atoms with E-state index in [1.54, 1.807) is 0 Å². The molecule has 2 aromatic rings. The van der Waals surface area contributed by atoms with Crippen molar-refractivity contribution in [2.45, 2.75) is 57.5 Å². The van der Waals surface area contributed by atoms with E-state index in [2.05, 4.69) is 81.4 Å². The van der Waals surface area contributed by atoms with E-state index in [0.29, 0.717) is 13.0 Å². The first kappa shape index (κ1) is 19.3. The summed E-state index contributed by atoms with van der Waals surface area (Å²) in [5.74, 6) is 0. The summed E-state index contributed by atoms with van der Waals surface area (Å²) in [5.41, 5.74) is 0. The summed E-state index contributed by atoms with van der Waals surface area (Å²) in [7, 11) is -2.52. The van der Waals surface area contributed by atoms with Crippen molar-refractivity contribution in [3.8, 4) is 0 Å². The highest BCUT2D eigenvalue weighted by Crippen LogP contribution is 2.37. The maximum Gasteiger partial charge on any atom is 0.261 e. The highest BCUT2D eigenvalue weighted by molar-refractivity contribution is 6.99. The van der Waals surface area contributed by atoms with Crippen LogP contribution < -0.4 is 10.4 Å². The molecule has 1 heterocycles. The van der Waals surface area contributed by atoms with Gasteiger partial charge in [-0.2, -0.15) is 0 Å². The third kappa shape index (κ3) is 3.65. The molecule has 1 saturated heterocycles. The Morgan fingerprint density at radius 3 is 1.88 bits per heavy atom. The molecule has 0 amide bonds. The van der Waals surface area contributed by atoms with Crippen molar-refractivity contribution in [1.82, 2.24) is 0 Å². The molecule has 4 heteroatoms. The Morgan fingerprint density at radius 1 is 1.00 bits per heavy atom. The molecular formula is C22H30O3Si. The largest absolute Gasteiger partial charge is 0.405 e. The van der Waals surface area contributed by atoms with Gasteiger partial charge in [-0.1, -0.05) is 81.4 Å². The fourth-order valence-corrected chi connectivity index (χ4v) is 8.59. The van der Waals surface area contributed by atoms with Crippen LogP contribution >= 0.6 is 0 Å². The predicted octanol–water partition coefficient (Wildman–Crippen LogP) is 3.10. The lowest BCUT2D eigenvalue weighted by Crippen LogP contribution is -2.67. The zero-order chi connectivity index (χ0) is 18.8. The minimum absolute atomic E-state index is 0.0431. The van der Waals surface area contributed by atoms with Crippen LogP contribution in [0.25, 0.3) is 0 Å². The molecule has 2 aromatic carbocycles. The van der Waals surface area contributed by atoms with Crippen LogP contribution in [0.4, 0.5) is 0 Å². The molecule has 0 bridgehead atoms. The second kappa shape index (κ2) is 7.65. The standard InChI is InChI=1S/C22H30O3Si/c1-17-21(23)15-18(25-17)16-24-26(22(2,3)4,19-11-7-5-8-12-19)20-13-9-6-10-14-20/h5-14,17-18,21,23H,15-16H2,1-4H3/t17-,18-,21+/m0/s1. The molecule has 1 N–H and O–H groups in total. The van der Waals surface area contributed by atoms with E-state index in [1.165, 1.54) is 10.4 Å². The van der Waals surface area contributed by atoms with Crippen LogP contribution in [-0.4, -0.2) is 38.3 Å². The Bertz CT molecular complexity index is 647. The van der Waals surface area contributed by atoms with Crippen molar-refractivity contribution >= 4 is 18.7 Å². The second-order valence-electron chi connectivity index (χ2n) is 8.24. The van der Waals surface area contributed by atoms with Crippen molar-refractivity contribution in [2.75, 3.05) is 6.61 Å². The molecule has 0 spiro atoms. The van der Waals surface area contributed by atoms with E-state index < -0.39 is 14.4 Å². The normalized spacial score (nSPS) is 24.0. The minimum atomic E-state index is -2.52. The molecule has 1 aliphatic heterocycles. The van der Waals surface area contributed by atoms with Crippen molar-refractivity contribution in [3.63, 3.8) is 0 Å². The van der Waals surface area contributed by atoms with Gasteiger partial charge in [0.25, 0.3) is 8.32 Å². The summed E-state index contributed by atoms with van der Waals surface area (Å²) >= 11 is 0. The molecule has 0 radical (unpaired) electrons. The molecule has 0 aromatic heterocycles. The third-order valence-electron chi connectivity index (χ3n) is 5.36. The first-order chi connectivity index (χ1) is 12.3. The van der Waals surface area contributed by atoms with E-state index in [1.807, 2.05) is 6.92 Å². The number of aliphatic hydroxyl groups is 1. The molecule has 0 unspecified atom stereocenters. The van der Waals surface area contributed by atoms with Crippen molar-refractivity contribution < 1.29 is 14.3 Å². The van der Waals surface area contributed by atoms with Crippen molar-refractivity contribution in [3.05, 3.63) is 60.7 Å². The zero-order valence-corrected chi connectivity index (χ0v) is 17.2. The van der Waals surface area contributed by atoms with Gasteiger partial charge in [-0.3, -0.25) is 0 Å². The molecule has 1 aliphatic rings. The van der Waals surface area contributed by atoms with Crippen LogP contribution in [0.2, 0.25) is 5.04 Å². The fraction of sp³-hybridized carbons (Fsp3) is 0.455. The first-order valence-electron chi connectivity index (χ1n) is 9.43. The maximum absolute atomic E-state index is 10.0. The highest BCUT2D eigenvalue weighted by atomic mass is 28.4. The number of hydrogen-bond donors (Lipinski definition) is 1. The molecule has 26 heavy (non-hydrogen) atoms. The van der Waals surface area contributed by atoms with Gasteiger partial charge in [-0.15, -0.1) is 0 Å². The molecule has 3 atom stereocenters. The van der Waals surface area contributed by atoms with Gasteiger partial charge in [-0.05, 0) is 22.3 Å². The smallest absolute Gasteiger partial charge is 0.261 e. The average Bonchev–Trinajstić information content (AvgIpc) is 2.94. The van der Waals surface area contributed by atoms with Gasteiger partial charge in [0.05, 0.1) is 24.9 Å². The van der Waals surface area contributed by atoms with Gasteiger partial charge >= 0.3 is 0 Å². The summed E-state index contributed by atoms with van der Waals surface area (Å²) in [6.45, 7) is 9.24. The van der Waals surface area contributed by atoms with Crippen molar-refractivity contribution in [1.29, 1.82) is 0 Å². The number of ether oxygens (including phenoxy) is 1. The first-order valence-corrected chi connectivity index (χ1v) is 11.3.